The molecule has 27 heavy (non-hydrogen) atoms. The minimum atomic E-state index is -0.179. The maximum atomic E-state index is 12.6. The molecule has 4 rings (SSSR count). The molecule has 1 aromatic carbocycles. The molecule has 0 atom stereocenters. The molecule has 140 valence electrons. The highest BCUT2D eigenvalue weighted by atomic mass is 16.5. The minimum Gasteiger partial charge on any atom is -0.493 e. The number of rotatable bonds is 5. The summed E-state index contributed by atoms with van der Waals surface area (Å²) in [6.07, 6.45) is 5.51. The molecule has 1 amide bonds. The van der Waals surface area contributed by atoms with E-state index < -0.39 is 0 Å². The molecule has 8 nitrogen and oxygen atoms in total. The topological polar surface area (TPSA) is 92.4 Å². The number of hydrazine groups is 1. The van der Waals surface area contributed by atoms with Gasteiger partial charge in [0.2, 0.25) is 0 Å². The summed E-state index contributed by atoms with van der Waals surface area (Å²) in [4.78, 5) is 24.7. The van der Waals surface area contributed by atoms with Crippen molar-refractivity contribution in [1.82, 2.24) is 25.4 Å². The molecule has 0 radical (unpaired) electrons. The van der Waals surface area contributed by atoms with Gasteiger partial charge in [-0.1, -0.05) is 0 Å². The molecule has 3 aromatic rings. The second kappa shape index (κ2) is 7.24. The van der Waals surface area contributed by atoms with Crippen molar-refractivity contribution in [1.29, 1.82) is 0 Å². The molecule has 0 aliphatic carbocycles. The number of benzene rings is 1. The maximum Gasteiger partial charge on any atom is 0.269 e. The van der Waals surface area contributed by atoms with E-state index in [2.05, 4.69) is 20.4 Å². The van der Waals surface area contributed by atoms with E-state index in [0.717, 1.165) is 31.5 Å². The van der Waals surface area contributed by atoms with Crippen molar-refractivity contribution >= 4 is 17.1 Å². The van der Waals surface area contributed by atoms with Crippen LogP contribution >= 0.6 is 0 Å². The van der Waals surface area contributed by atoms with E-state index >= 15 is 0 Å². The van der Waals surface area contributed by atoms with Gasteiger partial charge in [0.15, 0.2) is 17.1 Å². The van der Waals surface area contributed by atoms with Crippen LogP contribution in [0.3, 0.4) is 0 Å². The summed E-state index contributed by atoms with van der Waals surface area (Å²) in [5.41, 5.74) is 6.01. The lowest BCUT2D eigenvalue weighted by Crippen LogP contribution is -2.39. The van der Waals surface area contributed by atoms with Gasteiger partial charge >= 0.3 is 0 Å². The van der Waals surface area contributed by atoms with Gasteiger partial charge in [0.25, 0.3) is 5.91 Å². The SMILES string of the molecule is COc1ccc(-c2cnc3[nH]cc(C(=O)NN4CCCC4)c3n2)cc1OC. The zero-order valence-electron chi connectivity index (χ0n) is 15.3. The number of aromatic amines is 1. The molecule has 1 fully saturated rings. The number of methoxy groups -OCH3 is 2. The van der Waals surface area contributed by atoms with Gasteiger partial charge in [-0.25, -0.2) is 15.0 Å². The highest BCUT2D eigenvalue weighted by Gasteiger charge is 2.19. The molecule has 3 heterocycles. The molecule has 0 bridgehead atoms. The molecule has 0 spiro atoms. The third-order valence-electron chi connectivity index (χ3n) is 4.67. The number of ether oxygens (including phenoxy) is 2. The highest BCUT2D eigenvalue weighted by Crippen LogP contribution is 2.32. The van der Waals surface area contributed by atoms with Crippen molar-refractivity contribution in [2.45, 2.75) is 12.8 Å². The van der Waals surface area contributed by atoms with E-state index in [0.29, 0.717) is 33.9 Å². The van der Waals surface area contributed by atoms with Gasteiger partial charge in [-0.3, -0.25) is 10.2 Å². The highest BCUT2D eigenvalue weighted by molar-refractivity contribution is 6.04. The van der Waals surface area contributed by atoms with Crippen LogP contribution in [0.2, 0.25) is 0 Å². The van der Waals surface area contributed by atoms with Crippen LogP contribution in [0.25, 0.3) is 22.4 Å². The Kier molecular flexibility index (Phi) is 4.64. The van der Waals surface area contributed by atoms with Crippen LogP contribution in [-0.4, -0.2) is 53.2 Å². The largest absolute Gasteiger partial charge is 0.493 e. The zero-order valence-corrected chi connectivity index (χ0v) is 15.3. The van der Waals surface area contributed by atoms with Crippen LogP contribution in [0.4, 0.5) is 0 Å². The van der Waals surface area contributed by atoms with Gasteiger partial charge in [0, 0.05) is 24.8 Å². The molecule has 0 unspecified atom stereocenters. The Morgan fingerprint density at radius 3 is 2.70 bits per heavy atom. The maximum absolute atomic E-state index is 12.6. The average Bonchev–Trinajstić information content (AvgIpc) is 3.36. The first kappa shape index (κ1) is 17.3. The van der Waals surface area contributed by atoms with E-state index in [-0.39, 0.29) is 5.91 Å². The Bertz CT molecular complexity index is 979. The smallest absolute Gasteiger partial charge is 0.269 e. The molecule has 0 saturated carbocycles. The number of fused-ring (bicyclic) bond motifs is 1. The fraction of sp³-hybridized carbons (Fsp3) is 0.316. The second-order valence-corrected chi connectivity index (χ2v) is 6.36. The zero-order chi connectivity index (χ0) is 18.8. The van der Waals surface area contributed by atoms with Crippen molar-refractivity contribution in [3.05, 3.63) is 36.2 Å². The quantitative estimate of drug-likeness (QED) is 0.719. The number of hydrogen-bond acceptors (Lipinski definition) is 6. The molecule has 2 N–H and O–H groups in total. The Hall–Kier alpha value is -3.13. The van der Waals surface area contributed by atoms with Crippen molar-refractivity contribution in [2.75, 3.05) is 27.3 Å². The molecular weight excluding hydrogens is 346 g/mol. The Balaban J connectivity index is 1.68. The average molecular weight is 367 g/mol. The van der Waals surface area contributed by atoms with E-state index in [4.69, 9.17) is 9.47 Å². The van der Waals surface area contributed by atoms with Crippen LogP contribution in [0, 0.1) is 0 Å². The lowest BCUT2D eigenvalue weighted by molar-refractivity contribution is 0.0827. The van der Waals surface area contributed by atoms with Gasteiger partial charge in [-0.15, -0.1) is 0 Å². The van der Waals surface area contributed by atoms with Crippen LogP contribution in [0.15, 0.2) is 30.6 Å². The number of amides is 1. The normalized spacial score (nSPS) is 14.4. The number of nitrogens with one attached hydrogen (secondary N) is 2. The van der Waals surface area contributed by atoms with Gasteiger partial charge < -0.3 is 14.5 Å². The number of carbonyl (C=O) groups excluding carboxylic acids is 1. The standard InChI is InChI=1S/C19H21N5O3/c1-26-15-6-5-12(9-16(15)27-2)14-11-21-18-17(22-14)13(10-20-18)19(25)23-24-7-3-4-8-24/h5-6,9-11H,3-4,7-8H2,1-2H3,(H,20,21)(H,23,25). The first-order valence-electron chi connectivity index (χ1n) is 8.82. The van der Waals surface area contributed by atoms with Gasteiger partial charge in [-0.05, 0) is 31.0 Å². The van der Waals surface area contributed by atoms with E-state index in [9.17, 15) is 4.79 Å². The first-order chi connectivity index (χ1) is 13.2. The summed E-state index contributed by atoms with van der Waals surface area (Å²) in [6.45, 7) is 1.74. The van der Waals surface area contributed by atoms with Crippen LogP contribution in [-0.2, 0) is 0 Å². The monoisotopic (exact) mass is 367 g/mol. The van der Waals surface area contributed by atoms with Crippen molar-refractivity contribution in [3.8, 4) is 22.8 Å². The van der Waals surface area contributed by atoms with Crippen LogP contribution in [0.1, 0.15) is 23.2 Å². The fourth-order valence-corrected chi connectivity index (χ4v) is 3.23. The van der Waals surface area contributed by atoms with Crippen LogP contribution < -0.4 is 14.9 Å². The lowest BCUT2D eigenvalue weighted by atomic mass is 10.1. The number of hydrogen-bond donors (Lipinski definition) is 2. The number of aromatic nitrogens is 3. The summed E-state index contributed by atoms with van der Waals surface area (Å²) in [5, 5.41) is 1.94. The van der Waals surface area contributed by atoms with Gasteiger partial charge in [-0.2, -0.15) is 0 Å². The molecule has 8 heteroatoms. The second-order valence-electron chi connectivity index (χ2n) is 6.36. The van der Waals surface area contributed by atoms with Crippen molar-refractivity contribution in [2.24, 2.45) is 0 Å². The molecule has 1 aliphatic rings. The Morgan fingerprint density at radius 2 is 1.96 bits per heavy atom. The third kappa shape index (κ3) is 3.31. The summed E-state index contributed by atoms with van der Waals surface area (Å²) in [7, 11) is 3.18. The summed E-state index contributed by atoms with van der Waals surface area (Å²) < 4.78 is 10.6. The Labute approximate surface area is 156 Å². The minimum absolute atomic E-state index is 0.179. The first-order valence-corrected chi connectivity index (χ1v) is 8.82. The number of nitrogens with zero attached hydrogens (tertiary/aromatic N) is 3. The lowest BCUT2D eigenvalue weighted by Gasteiger charge is -2.15. The van der Waals surface area contributed by atoms with E-state index in [1.54, 1.807) is 26.6 Å². The molecular formula is C19H21N5O3. The number of carbonyl (C=O) groups is 1. The number of H-pyrrole nitrogens is 1. The fourth-order valence-electron chi connectivity index (χ4n) is 3.23. The predicted octanol–water partition coefficient (Wildman–Crippen LogP) is 2.38. The summed E-state index contributed by atoms with van der Waals surface area (Å²) in [6, 6.07) is 5.54. The van der Waals surface area contributed by atoms with E-state index in [1.165, 1.54) is 0 Å². The van der Waals surface area contributed by atoms with Gasteiger partial charge in [0.1, 0.15) is 5.52 Å². The third-order valence-corrected chi connectivity index (χ3v) is 4.67. The van der Waals surface area contributed by atoms with Gasteiger partial charge in [0.05, 0.1) is 31.7 Å². The molecule has 2 aromatic heterocycles. The van der Waals surface area contributed by atoms with Crippen molar-refractivity contribution in [3.63, 3.8) is 0 Å². The molecule has 1 aliphatic heterocycles. The summed E-state index contributed by atoms with van der Waals surface area (Å²) in [5.74, 6) is 1.07. The molecule has 1 saturated heterocycles. The predicted molar refractivity (Wildman–Crippen MR) is 101 cm³/mol. The van der Waals surface area contributed by atoms with Crippen molar-refractivity contribution < 1.29 is 14.3 Å². The van der Waals surface area contributed by atoms with E-state index in [1.807, 2.05) is 23.2 Å². The Morgan fingerprint density at radius 1 is 1.19 bits per heavy atom. The van der Waals surface area contributed by atoms with Crippen LogP contribution in [0.5, 0.6) is 11.5 Å². The summed E-state index contributed by atoms with van der Waals surface area (Å²) >= 11 is 0.